The Bertz CT molecular complexity index is 941. The highest BCUT2D eigenvalue weighted by Gasteiger charge is 2.35. The van der Waals surface area contributed by atoms with Gasteiger partial charge < -0.3 is 0 Å². The van der Waals surface area contributed by atoms with Crippen molar-refractivity contribution in [3.63, 3.8) is 0 Å². The molecule has 1 unspecified atom stereocenters. The van der Waals surface area contributed by atoms with E-state index < -0.39 is 0 Å². The van der Waals surface area contributed by atoms with Crippen LogP contribution in [0.25, 0.3) is 5.57 Å². The fraction of sp³-hybridized carbons (Fsp3) is 0.308. The van der Waals surface area contributed by atoms with Crippen LogP contribution in [0.4, 0.5) is 0 Å². The molecule has 2 aliphatic carbocycles. The highest BCUT2D eigenvalue weighted by molar-refractivity contribution is 5.86. The first kappa shape index (κ1) is 17.1. The Hall–Kier alpha value is -2.34. The number of hydrogen-bond donors (Lipinski definition) is 0. The molecule has 0 N–H and O–H groups in total. The fourth-order valence-corrected chi connectivity index (χ4v) is 4.80. The largest absolute Gasteiger partial charge is 0.0676 e. The zero-order chi connectivity index (χ0) is 18.4. The highest BCUT2D eigenvalue weighted by atomic mass is 14.4. The van der Waals surface area contributed by atoms with Crippen LogP contribution in [0.2, 0.25) is 0 Å². The van der Waals surface area contributed by atoms with Gasteiger partial charge in [0.15, 0.2) is 0 Å². The standard InChI is InChI=1S/C26H28/c1-6-20-10-9-11-21(14-20)24-15-25(23-13-8-7-12-22(23)24)26-18(4)16(2)17(3)19(26)5/h7-15,25-26H,6H2,1-5H3. The Kier molecular flexibility index (Phi) is 4.23. The number of allylic oxidation sites excluding steroid dienone is 5. The monoisotopic (exact) mass is 340 g/mol. The first-order valence-corrected chi connectivity index (χ1v) is 9.78. The van der Waals surface area contributed by atoms with E-state index in [9.17, 15) is 0 Å². The summed E-state index contributed by atoms with van der Waals surface area (Å²) in [7, 11) is 0. The Morgan fingerprint density at radius 3 is 2.19 bits per heavy atom. The molecule has 2 aromatic carbocycles. The molecule has 0 fully saturated rings. The Morgan fingerprint density at radius 1 is 0.808 bits per heavy atom. The Labute approximate surface area is 158 Å². The second-order valence-electron chi connectivity index (χ2n) is 7.84. The highest BCUT2D eigenvalue weighted by Crippen LogP contribution is 2.51. The van der Waals surface area contributed by atoms with Crippen LogP contribution < -0.4 is 0 Å². The first-order chi connectivity index (χ1) is 12.5. The van der Waals surface area contributed by atoms with Crippen LogP contribution in [0.1, 0.15) is 62.8 Å². The van der Waals surface area contributed by atoms with Crippen LogP contribution in [0.15, 0.2) is 76.9 Å². The van der Waals surface area contributed by atoms with E-state index in [0.717, 1.165) is 6.42 Å². The third-order valence-corrected chi connectivity index (χ3v) is 6.64. The quantitative estimate of drug-likeness (QED) is 0.560. The van der Waals surface area contributed by atoms with Gasteiger partial charge >= 0.3 is 0 Å². The van der Waals surface area contributed by atoms with E-state index in [-0.39, 0.29) is 0 Å². The third kappa shape index (κ3) is 2.51. The summed E-state index contributed by atoms with van der Waals surface area (Å²) in [5.41, 5.74) is 13.1. The number of hydrogen-bond acceptors (Lipinski definition) is 0. The Balaban J connectivity index is 1.86. The number of rotatable bonds is 3. The van der Waals surface area contributed by atoms with Gasteiger partial charge in [0.2, 0.25) is 0 Å². The lowest BCUT2D eigenvalue weighted by Crippen LogP contribution is -2.11. The fourth-order valence-electron chi connectivity index (χ4n) is 4.80. The Morgan fingerprint density at radius 2 is 1.50 bits per heavy atom. The molecule has 26 heavy (non-hydrogen) atoms. The van der Waals surface area contributed by atoms with Crippen molar-refractivity contribution in [2.45, 2.75) is 47.0 Å². The van der Waals surface area contributed by atoms with Crippen LogP contribution in [0.5, 0.6) is 0 Å². The van der Waals surface area contributed by atoms with E-state index in [1.54, 1.807) is 11.1 Å². The molecule has 132 valence electrons. The number of fused-ring (bicyclic) bond motifs is 1. The molecule has 0 spiro atoms. The van der Waals surface area contributed by atoms with Crippen LogP contribution in [0.3, 0.4) is 0 Å². The molecule has 0 aromatic heterocycles. The van der Waals surface area contributed by atoms with Crippen molar-refractivity contribution in [2.75, 3.05) is 0 Å². The van der Waals surface area contributed by atoms with Gasteiger partial charge in [-0.25, -0.2) is 0 Å². The minimum Gasteiger partial charge on any atom is -0.0676 e. The van der Waals surface area contributed by atoms with Gasteiger partial charge in [-0.05, 0) is 73.1 Å². The molecule has 0 saturated heterocycles. The van der Waals surface area contributed by atoms with Crippen molar-refractivity contribution in [2.24, 2.45) is 5.92 Å². The van der Waals surface area contributed by atoms with Gasteiger partial charge in [0.25, 0.3) is 0 Å². The van der Waals surface area contributed by atoms with Gasteiger partial charge in [-0.1, -0.05) is 72.7 Å². The summed E-state index contributed by atoms with van der Waals surface area (Å²) in [6.45, 7) is 11.4. The van der Waals surface area contributed by atoms with E-state index >= 15 is 0 Å². The molecule has 0 bridgehead atoms. The number of benzene rings is 2. The summed E-state index contributed by atoms with van der Waals surface area (Å²) in [6.07, 6.45) is 3.61. The van der Waals surface area contributed by atoms with Gasteiger partial charge in [-0.15, -0.1) is 0 Å². The van der Waals surface area contributed by atoms with E-state index in [1.165, 1.54) is 39.0 Å². The average molecular weight is 341 g/mol. The van der Waals surface area contributed by atoms with Crippen LogP contribution in [-0.2, 0) is 6.42 Å². The third-order valence-electron chi connectivity index (χ3n) is 6.64. The predicted octanol–water partition coefficient (Wildman–Crippen LogP) is 7.08. The summed E-state index contributed by atoms with van der Waals surface area (Å²) < 4.78 is 0. The van der Waals surface area contributed by atoms with Crippen molar-refractivity contribution in [1.29, 1.82) is 0 Å². The van der Waals surface area contributed by atoms with Crippen LogP contribution in [0, 0.1) is 5.92 Å². The molecule has 1 atom stereocenters. The number of aryl methyl sites for hydroxylation is 1. The molecule has 2 aliphatic rings. The average Bonchev–Trinajstić information content (AvgIpc) is 3.14. The minimum atomic E-state index is 0.443. The minimum absolute atomic E-state index is 0.443. The smallest absolute Gasteiger partial charge is 0.0137 e. The molecular weight excluding hydrogens is 312 g/mol. The van der Waals surface area contributed by atoms with Gasteiger partial charge in [0.1, 0.15) is 0 Å². The summed E-state index contributed by atoms with van der Waals surface area (Å²) in [6, 6.07) is 18.1. The van der Waals surface area contributed by atoms with Crippen LogP contribution in [-0.4, -0.2) is 0 Å². The summed E-state index contributed by atoms with van der Waals surface area (Å²) in [4.78, 5) is 0. The van der Waals surface area contributed by atoms with Crippen molar-refractivity contribution in [3.8, 4) is 0 Å². The predicted molar refractivity (Wildman–Crippen MR) is 112 cm³/mol. The molecule has 0 heterocycles. The lowest BCUT2D eigenvalue weighted by molar-refractivity contribution is 0.648. The van der Waals surface area contributed by atoms with Crippen LogP contribution >= 0.6 is 0 Å². The molecule has 0 heteroatoms. The second kappa shape index (κ2) is 6.43. The molecular formula is C26H28. The SMILES string of the molecule is CCc1cccc(C2=CC(C3C(C)=C(C)C(C)=C3C)c3ccccc32)c1. The molecule has 0 aliphatic heterocycles. The van der Waals surface area contributed by atoms with Gasteiger partial charge in [-0.2, -0.15) is 0 Å². The van der Waals surface area contributed by atoms with Crippen molar-refractivity contribution in [3.05, 3.63) is 99.2 Å². The maximum absolute atomic E-state index is 2.53. The van der Waals surface area contributed by atoms with E-state index in [0.29, 0.717) is 11.8 Å². The van der Waals surface area contributed by atoms with Crippen molar-refractivity contribution < 1.29 is 0 Å². The molecule has 4 rings (SSSR count). The van der Waals surface area contributed by atoms with E-state index in [1.807, 2.05) is 0 Å². The maximum atomic E-state index is 2.53. The molecule has 0 amide bonds. The topological polar surface area (TPSA) is 0 Å². The summed E-state index contributed by atoms with van der Waals surface area (Å²) in [5, 5.41) is 0. The van der Waals surface area contributed by atoms with Gasteiger partial charge in [0.05, 0.1) is 0 Å². The molecule has 0 nitrogen and oxygen atoms in total. The normalized spacial score (nSPS) is 20.0. The zero-order valence-electron chi connectivity index (χ0n) is 16.6. The lowest BCUT2D eigenvalue weighted by atomic mass is 9.81. The lowest BCUT2D eigenvalue weighted by Gasteiger charge is -2.23. The second-order valence-corrected chi connectivity index (χ2v) is 7.84. The molecule has 0 radical (unpaired) electrons. The summed E-state index contributed by atoms with van der Waals surface area (Å²) in [5.74, 6) is 0.946. The molecule has 2 aromatic rings. The first-order valence-electron chi connectivity index (χ1n) is 9.78. The van der Waals surface area contributed by atoms with E-state index in [2.05, 4.69) is 89.2 Å². The maximum Gasteiger partial charge on any atom is 0.0137 e. The summed E-state index contributed by atoms with van der Waals surface area (Å²) >= 11 is 0. The van der Waals surface area contributed by atoms with Gasteiger partial charge in [-0.3, -0.25) is 0 Å². The van der Waals surface area contributed by atoms with Crippen molar-refractivity contribution in [1.82, 2.24) is 0 Å². The van der Waals surface area contributed by atoms with E-state index in [4.69, 9.17) is 0 Å². The van der Waals surface area contributed by atoms with Gasteiger partial charge in [0, 0.05) is 11.8 Å². The zero-order valence-corrected chi connectivity index (χ0v) is 16.6. The molecule has 0 saturated carbocycles. The van der Waals surface area contributed by atoms with Crippen molar-refractivity contribution >= 4 is 5.57 Å².